The van der Waals surface area contributed by atoms with Crippen molar-refractivity contribution in [3.63, 3.8) is 0 Å². The van der Waals surface area contributed by atoms with Crippen molar-refractivity contribution in [1.82, 2.24) is 29.5 Å². The maximum Gasteiger partial charge on any atom is 0.284 e. The molecule has 0 radical (unpaired) electrons. The molecule has 0 aliphatic rings. The van der Waals surface area contributed by atoms with E-state index in [1.54, 1.807) is 6.92 Å². The molecule has 10 nitrogen and oxygen atoms in total. The molecule has 3 aromatic heterocycles. The monoisotopic (exact) mass is 470 g/mol. The zero-order chi connectivity index (χ0) is 24.6. The van der Waals surface area contributed by atoms with Gasteiger partial charge in [-0.05, 0) is 25.1 Å². The van der Waals surface area contributed by atoms with Gasteiger partial charge in [-0.25, -0.2) is 13.8 Å². The van der Waals surface area contributed by atoms with Crippen LogP contribution in [-0.2, 0) is 18.4 Å². The third-order valence-electron chi connectivity index (χ3n) is 5.01. The lowest BCUT2D eigenvalue weighted by Gasteiger charge is -2.09. The number of aryl methyl sites for hydroxylation is 1. The van der Waals surface area contributed by atoms with Crippen LogP contribution in [-0.4, -0.2) is 41.3 Å². The number of benzene rings is 1. The van der Waals surface area contributed by atoms with Gasteiger partial charge in [-0.1, -0.05) is 6.07 Å². The topological polar surface area (TPSA) is 134 Å². The van der Waals surface area contributed by atoms with E-state index >= 15 is 4.39 Å². The van der Waals surface area contributed by atoms with Gasteiger partial charge in [0.15, 0.2) is 23.3 Å². The zero-order valence-corrected chi connectivity index (χ0v) is 17.9. The first-order valence-electron chi connectivity index (χ1n) is 9.79. The lowest BCUT2D eigenvalue weighted by molar-refractivity contribution is -0.116. The van der Waals surface area contributed by atoms with Crippen LogP contribution < -0.4 is 11.1 Å². The average Bonchev–Trinajstić information content (AvgIpc) is 3.34. The molecule has 0 aliphatic carbocycles. The number of nitrogens with two attached hydrogens (primary N) is 1. The number of imidazole rings is 1. The Hall–Kier alpha value is -4.55. The molecule has 4 aromatic rings. The Morgan fingerprint density at radius 1 is 1.03 bits per heavy atom. The highest BCUT2D eigenvalue weighted by molar-refractivity contribution is 5.90. The van der Waals surface area contributed by atoms with E-state index in [9.17, 15) is 18.4 Å². The molecular formula is C21H17F3N8O2. The van der Waals surface area contributed by atoms with E-state index in [-0.39, 0.29) is 40.6 Å². The Kier molecular flexibility index (Phi) is 5.84. The quantitative estimate of drug-likeness (QED) is 0.444. The fourth-order valence-electron chi connectivity index (χ4n) is 3.42. The first-order chi connectivity index (χ1) is 16.2. The molecule has 3 heterocycles. The van der Waals surface area contributed by atoms with Gasteiger partial charge in [0.1, 0.15) is 6.54 Å². The fourth-order valence-corrected chi connectivity index (χ4v) is 3.42. The predicted octanol–water partition coefficient (Wildman–Crippen LogP) is 2.20. The number of rotatable bonds is 6. The summed E-state index contributed by atoms with van der Waals surface area (Å²) in [5, 5.41) is 13.3. The van der Waals surface area contributed by atoms with Gasteiger partial charge in [-0.15, -0.1) is 10.2 Å². The minimum absolute atomic E-state index is 0.0499. The van der Waals surface area contributed by atoms with Crippen molar-refractivity contribution in [1.29, 1.82) is 0 Å². The maximum absolute atomic E-state index is 15.0. The van der Waals surface area contributed by atoms with Crippen LogP contribution in [0.4, 0.5) is 19.0 Å². The molecule has 0 spiro atoms. The predicted molar refractivity (Wildman–Crippen MR) is 114 cm³/mol. The molecule has 0 unspecified atom stereocenters. The van der Waals surface area contributed by atoms with Crippen LogP contribution >= 0.6 is 0 Å². The van der Waals surface area contributed by atoms with Gasteiger partial charge >= 0.3 is 0 Å². The number of anilines is 1. The molecule has 34 heavy (non-hydrogen) atoms. The summed E-state index contributed by atoms with van der Waals surface area (Å²) in [6.07, 6.45) is 2.63. The van der Waals surface area contributed by atoms with Crippen LogP contribution in [0.1, 0.15) is 16.3 Å². The number of aromatic nitrogens is 6. The van der Waals surface area contributed by atoms with Crippen molar-refractivity contribution in [2.24, 2.45) is 12.8 Å². The van der Waals surface area contributed by atoms with Gasteiger partial charge in [-0.2, -0.15) is 9.49 Å². The highest BCUT2D eigenvalue weighted by atomic mass is 19.2. The molecule has 174 valence electrons. The van der Waals surface area contributed by atoms with Gasteiger partial charge in [0.25, 0.3) is 5.91 Å². The maximum atomic E-state index is 15.0. The van der Waals surface area contributed by atoms with Gasteiger partial charge in [0, 0.05) is 29.9 Å². The highest BCUT2D eigenvalue weighted by Crippen LogP contribution is 2.32. The van der Waals surface area contributed by atoms with E-state index in [1.165, 1.54) is 46.9 Å². The summed E-state index contributed by atoms with van der Waals surface area (Å²) in [6, 6.07) is 5.01. The third-order valence-corrected chi connectivity index (χ3v) is 5.01. The van der Waals surface area contributed by atoms with Crippen molar-refractivity contribution < 1.29 is 22.8 Å². The Morgan fingerprint density at radius 3 is 2.38 bits per heavy atom. The minimum atomic E-state index is -1.14. The van der Waals surface area contributed by atoms with Gasteiger partial charge < -0.3 is 15.6 Å². The van der Waals surface area contributed by atoms with Crippen molar-refractivity contribution >= 4 is 17.6 Å². The number of hydrogen-bond acceptors (Lipinski definition) is 6. The molecule has 4 rings (SSSR count). The molecule has 13 heteroatoms. The second kappa shape index (κ2) is 8.77. The largest absolute Gasteiger partial charge is 0.363 e. The Labute approximate surface area is 190 Å². The van der Waals surface area contributed by atoms with E-state index in [2.05, 4.69) is 25.6 Å². The molecule has 0 aliphatic heterocycles. The Bertz CT molecular complexity index is 1410. The Balaban J connectivity index is 1.59. The summed E-state index contributed by atoms with van der Waals surface area (Å²) in [4.78, 5) is 27.5. The molecule has 1 aromatic carbocycles. The van der Waals surface area contributed by atoms with Crippen molar-refractivity contribution in [3.8, 4) is 22.4 Å². The molecular weight excluding hydrogens is 453 g/mol. The number of amides is 2. The molecule has 3 N–H and O–H groups in total. The molecule has 0 saturated carbocycles. The van der Waals surface area contributed by atoms with Gasteiger partial charge in [0.05, 0.1) is 17.6 Å². The summed E-state index contributed by atoms with van der Waals surface area (Å²) in [7, 11) is 1.46. The number of carbonyl (C=O) groups is 2. The smallest absolute Gasteiger partial charge is 0.284 e. The Morgan fingerprint density at radius 2 is 1.74 bits per heavy atom. The molecule has 0 saturated heterocycles. The van der Waals surface area contributed by atoms with E-state index in [0.717, 1.165) is 6.07 Å². The minimum Gasteiger partial charge on any atom is -0.363 e. The summed E-state index contributed by atoms with van der Waals surface area (Å²) in [6.45, 7) is 1.33. The molecule has 0 atom stereocenters. The van der Waals surface area contributed by atoms with E-state index in [0.29, 0.717) is 5.69 Å². The van der Waals surface area contributed by atoms with Crippen molar-refractivity contribution in [3.05, 3.63) is 65.8 Å². The van der Waals surface area contributed by atoms with E-state index in [1.807, 2.05) is 0 Å². The first kappa shape index (κ1) is 22.6. The summed E-state index contributed by atoms with van der Waals surface area (Å²) in [5.41, 5.74) is 5.87. The fraction of sp³-hybridized carbons (Fsp3) is 0.143. The summed E-state index contributed by atoms with van der Waals surface area (Å²) < 4.78 is 45.4. The van der Waals surface area contributed by atoms with Crippen molar-refractivity contribution in [2.45, 2.75) is 13.5 Å². The van der Waals surface area contributed by atoms with Crippen LogP contribution in [0, 0.1) is 24.5 Å². The lowest BCUT2D eigenvalue weighted by Crippen LogP contribution is -2.20. The second-order valence-electron chi connectivity index (χ2n) is 7.29. The SMILES string of the molecule is Cc1nn(CC(=O)Nc2ccc(F)nn2)cc1-c1ccc(-c2cnc(C(N)=O)n2C)c(F)c1F. The molecule has 0 bridgehead atoms. The van der Waals surface area contributed by atoms with Crippen LogP contribution in [0.15, 0.2) is 36.7 Å². The first-order valence-corrected chi connectivity index (χ1v) is 9.79. The third kappa shape index (κ3) is 4.22. The molecule has 0 fully saturated rings. The summed E-state index contributed by atoms with van der Waals surface area (Å²) >= 11 is 0. The summed E-state index contributed by atoms with van der Waals surface area (Å²) in [5.74, 6) is -4.44. The van der Waals surface area contributed by atoms with Gasteiger partial charge in [-0.3, -0.25) is 14.3 Å². The number of nitrogens with zero attached hydrogens (tertiary/aromatic N) is 6. The zero-order valence-electron chi connectivity index (χ0n) is 17.9. The second-order valence-corrected chi connectivity index (χ2v) is 7.29. The number of nitrogens with one attached hydrogen (secondary N) is 1. The van der Waals surface area contributed by atoms with Crippen LogP contribution in [0.2, 0.25) is 0 Å². The van der Waals surface area contributed by atoms with Crippen LogP contribution in [0.5, 0.6) is 0 Å². The standard InChI is InChI=1S/C21H17F3N8O2/c1-10-13(8-32(30-10)9-17(33)27-16-6-5-15(22)28-29-16)11-3-4-12(19(24)18(11)23)14-7-26-21(20(25)34)31(14)2/h3-8H,9H2,1-2H3,(H2,25,34)(H,27,29,33). The average molecular weight is 470 g/mol. The number of hydrogen-bond donors (Lipinski definition) is 2. The van der Waals surface area contributed by atoms with Crippen molar-refractivity contribution in [2.75, 3.05) is 5.32 Å². The number of carbonyl (C=O) groups excluding carboxylic acids is 2. The van der Waals surface area contributed by atoms with Gasteiger partial charge in [0.2, 0.25) is 11.9 Å². The van der Waals surface area contributed by atoms with E-state index in [4.69, 9.17) is 5.73 Å². The highest BCUT2D eigenvalue weighted by Gasteiger charge is 2.22. The molecule has 2 amide bonds. The lowest BCUT2D eigenvalue weighted by atomic mass is 10.0. The number of halogens is 3. The van der Waals surface area contributed by atoms with Crippen LogP contribution in [0.25, 0.3) is 22.4 Å². The van der Waals surface area contributed by atoms with E-state index < -0.39 is 29.4 Å². The number of primary amides is 1. The van der Waals surface area contributed by atoms with Crippen LogP contribution in [0.3, 0.4) is 0 Å². The normalized spacial score (nSPS) is 11.0.